The van der Waals surface area contributed by atoms with Gasteiger partial charge in [-0.3, -0.25) is 9.59 Å². The molecule has 1 aliphatic heterocycles. The Morgan fingerprint density at radius 3 is 2.33 bits per heavy atom. The SMILES string of the molecule is CC(C)(C(=O)Nc1ncnc2c1CCN(C(=O)c1ccc(Cl)c(Cl)c1)C2)C12CC3CC(CC(C3)C1)C2. The van der Waals surface area contributed by atoms with Gasteiger partial charge >= 0.3 is 0 Å². The van der Waals surface area contributed by atoms with Crippen LogP contribution in [0.15, 0.2) is 24.5 Å². The third kappa shape index (κ3) is 3.92. The van der Waals surface area contributed by atoms with Crippen LogP contribution >= 0.6 is 23.2 Å². The second-order valence-electron chi connectivity index (χ2n) is 12.0. The van der Waals surface area contributed by atoms with E-state index in [0.29, 0.717) is 40.9 Å². The molecule has 0 radical (unpaired) electrons. The molecule has 1 N–H and O–H groups in total. The summed E-state index contributed by atoms with van der Waals surface area (Å²) >= 11 is 12.1. The molecule has 7 rings (SSSR count). The first-order valence-electron chi connectivity index (χ1n) is 13.0. The lowest BCUT2D eigenvalue weighted by Crippen LogP contribution is -2.56. The Bertz CT molecular complexity index is 1210. The van der Waals surface area contributed by atoms with Crippen molar-refractivity contribution in [2.45, 2.75) is 65.3 Å². The van der Waals surface area contributed by atoms with Gasteiger partial charge < -0.3 is 10.2 Å². The van der Waals surface area contributed by atoms with Crippen LogP contribution in [0.3, 0.4) is 0 Å². The minimum atomic E-state index is -0.467. The lowest BCUT2D eigenvalue weighted by Gasteiger charge is -2.61. The summed E-state index contributed by atoms with van der Waals surface area (Å²) in [5.74, 6) is 2.88. The minimum absolute atomic E-state index is 0.0552. The van der Waals surface area contributed by atoms with Crippen LogP contribution in [0.1, 0.15) is 74.0 Å². The van der Waals surface area contributed by atoms with Crippen molar-refractivity contribution in [3.05, 3.63) is 51.4 Å². The molecule has 0 saturated heterocycles. The van der Waals surface area contributed by atoms with Crippen LogP contribution in [0.4, 0.5) is 5.82 Å². The zero-order chi connectivity index (χ0) is 25.2. The molecule has 4 aliphatic carbocycles. The standard InChI is InChI=1S/C28H32Cl2N4O2/c1-27(2,28-11-16-7-17(12-28)9-18(8-16)13-28)26(36)33-24-20-5-6-34(14-23(20)31-15-32-24)25(35)19-3-4-21(29)22(30)10-19/h3-4,10,15-18H,5-9,11-14H2,1-2H3,(H,31,32,33,36). The molecule has 6 nitrogen and oxygen atoms in total. The fourth-order valence-electron chi connectivity index (χ4n) is 7.83. The molecule has 2 amide bonds. The van der Waals surface area contributed by atoms with Gasteiger partial charge in [-0.05, 0) is 86.3 Å². The van der Waals surface area contributed by atoms with Crippen molar-refractivity contribution in [1.29, 1.82) is 0 Å². The van der Waals surface area contributed by atoms with Crippen LogP contribution in [0.25, 0.3) is 0 Å². The fraction of sp³-hybridized carbons (Fsp3) is 0.571. The van der Waals surface area contributed by atoms with Crippen LogP contribution in [0.2, 0.25) is 10.0 Å². The Balaban J connectivity index is 1.20. The predicted octanol–water partition coefficient (Wildman–Crippen LogP) is 6.16. The normalized spacial score (nSPS) is 28.7. The number of nitrogens with zero attached hydrogens (tertiary/aromatic N) is 3. The fourth-order valence-corrected chi connectivity index (χ4v) is 8.13. The van der Waals surface area contributed by atoms with Gasteiger partial charge in [-0.2, -0.15) is 0 Å². The number of rotatable bonds is 4. The summed E-state index contributed by atoms with van der Waals surface area (Å²) in [5, 5.41) is 3.97. The van der Waals surface area contributed by atoms with E-state index in [2.05, 4.69) is 29.1 Å². The maximum absolute atomic E-state index is 13.8. The average Bonchev–Trinajstić information content (AvgIpc) is 2.84. The molecule has 4 fully saturated rings. The molecule has 1 aromatic heterocycles. The van der Waals surface area contributed by atoms with Crippen molar-refractivity contribution in [2.24, 2.45) is 28.6 Å². The molecule has 4 bridgehead atoms. The Hall–Kier alpha value is -2.18. The van der Waals surface area contributed by atoms with Gasteiger partial charge in [0.15, 0.2) is 0 Å². The first-order chi connectivity index (χ1) is 17.1. The molecule has 0 unspecified atom stereocenters. The second kappa shape index (κ2) is 8.70. The van der Waals surface area contributed by atoms with E-state index in [9.17, 15) is 9.59 Å². The highest BCUT2D eigenvalue weighted by molar-refractivity contribution is 6.42. The number of carbonyl (C=O) groups is 2. The maximum Gasteiger partial charge on any atom is 0.254 e. The molecule has 0 atom stereocenters. The first kappa shape index (κ1) is 24.2. The molecule has 0 spiro atoms. The Labute approximate surface area is 222 Å². The van der Waals surface area contributed by atoms with Crippen LogP contribution in [-0.4, -0.2) is 33.2 Å². The average molecular weight is 527 g/mol. The summed E-state index contributed by atoms with van der Waals surface area (Å²) in [6.07, 6.45) is 9.65. The van der Waals surface area contributed by atoms with Crippen LogP contribution < -0.4 is 5.32 Å². The zero-order valence-corrected chi connectivity index (χ0v) is 22.3. The van der Waals surface area contributed by atoms with E-state index >= 15 is 0 Å². The summed E-state index contributed by atoms with van der Waals surface area (Å²) in [6, 6.07) is 4.92. The Kier molecular flexibility index (Phi) is 5.84. The van der Waals surface area contributed by atoms with Gasteiger partial charge in [0.2, 0.25) is 5.91 Å². The highest BCUT2D eigenvalue weighted by Gasteiger charge is 2.59. The molecule has 190 valence electrons. The zero-order valence-electron chi connectivity index (χ0n) is 20.8. The molecular formula is C28H32Cl2N4O2. The largest absolute Gasteiger partial charge is 0.332 e. The third-order valence-corrected chi connectivity index (χ3v) is 10.4. The summed E-state index contributed by atoms with van der Waals surface area (Å²) in [6.45, 7) is 5.15. The quantitative estimate of drug-likeness (QED) is 0.517. The smallest absolute Gasteiger partial charge is 0.254 e. The number of fused-ring (bicyclic) bond motifs is 1. The van der Waals surface area contributed by atoms with Crippen molar-refractivity contribution in [3.63, 3.8) is 0 Å². The number of benzene rings is 1. The third-order valence-electron chi connectivity index (χ3n) is 9.62. The highest BCUT2D eigenvalue weighted by atomic mass is 35.5. The molecule has 2 aromatic rings. The number of halogens is 2. The van der Waals surface area contributed by atoms with E-state index < -0.39 is 5.41 Å². The summed E-state index contributed by atoms with van der Waals surface area (Å²) in [7, 11) is 0. The number of hydrogen-bond acceptors (Lipinski definition) is 4. The van der Waals surface area contributed by atoms with Gasteiger partial charge in [-0.15, -0.1) is 0 Å². The van der Waals surface area contributed by atoms with Crippen LogP contribution in [0, 0.1) is 28.6 Å². The summed E-state index contributed by atoms with van der Waals surface area (Å²) in [4.78, 5) is 37.5. The summed E-state index contributed by atoms with van der Waals surface area (Å²) in [5.41, 5.74) is 1.80. The van der Waals surface area contributed by atoms with Crippen molar-refractivity contribution in [1.82, 2.24) is 14.9 Å². The van der Waals surface area contributed by atoms with E-state index in [1.165, 1.54) is 44.9 Å². The van der Waals surface area contributed by atoms with Crippen molar-refractivity contribution < 1.29 is 9.59 Å². The second-order valence-corrected chi connectivity index (χ2v) is 12.8. The van der Waals surface area contributed by atoms with Gasteiger partial charge in [0.1, 0.15) is 12.1 Å². The van der Waals surface area contributed by atoms with E-state index in [-0.39, 0.29) is 17.2 Å². The number of anilines is 1. The minimum Gasteiger partial charge on any atom is -0.332 e. The van der Waals surface area contributed by atoms with E-state index in [0.717, 1.165) is 29.0 Å². The number of amides is 2. The molecule has 2 heterocycles. The topological polar surface area (TPSA) is 75.2 Å². The molecule has 4 saturated carbocycles. The molecule has 5 aliphatic rings. The van der Waals surface area contributed by atoms with Gasteiger partial charge in [-0.25, -0.2) is 9.97 Å². The number of aromatic nitrogens is 2. The first-order valence-corrected chi connectivity index (χ1v) is 13.8. The van der Waals surface area contributed by atoms with Crippen molar-refractivity contribution >= 4 is 40.8 Å². The van der Waals surface area contributed by atoms with Crippen LogP contribution in [-0.2, 0) is 17.8 Å². The van der Waals surface area contributed by atoms with Gasteiger partial charge in [0.05, 0.1) is 22.3 Å². The van der Waals surface area contributed by atoms with E-state index in [1.54, 1.807) is 23.1 Å². The van der Waals surface area contributed by atoms with Crippen molar-refractivity contribution in [3.8, 4) is 0 Å². The number of carbonyl (C=O) groups excluding carboxylic acids is 2. The summed E-state index contributed by atoms with van der Waals surface area (Å²) < 4.78 is 0. The molecule has 1 aromatic carbocycles. The highest BCUT2D eigenvalue weighted by Crippen LogP contribution is 2.66. The van der Waals surface area contributed by atoms with Crippen molar-refractivity contribution in [2.75, 3.05) is 11.9 Å². The molecule has 36 heavy (non-hydrogen) atoms. The van der Waals surface area contributed by atoms with Gasteiger partial charge in [0, 0.05) is 23.1 Å². The molecular weight excluding hydrogens is 495 g/mol. The maximum atomic E-state index is 13.8. The number of nitrogens with one attached hydrogen (secondary N) is 1. The van der Waals surface area contributed by atoms with Crippen LogP contribution in [0.5, 0.6) is 0 Å². The van der Waals surface area contributed by atoms with Gasteiger partial charge in [0.25, 0.3) is 5.91 Å². The number of hydrogen-bond donors (Lipinski definition) is 1. The van der Waals surface area contributed by atoms with E-state index in [4.69, 9.17) is 23.2 Å². The van der Waals surface area contributed by atoms with E-state index in [1.807, 2.05) is 0 Å². The molecule has 8 heteroatoms. The monoisotopic (exact) mass is 526 g/mol. The lowest BCUT2D eigenvalue weighted by atomic mass is 9.43. The van der Waals surface area contributed by atoms with Gasteiger partial charge in [-0.1, -0.05) is 37.0 Å². The predicted molar refractivity (Wildman–Crippen MR) is 140 cm³/mol. The lowest BCUT2D eigenvalue weighted by molar-refractivity contribution is -0.151. The Morgan fingerprint density at radius 1 is 1.03 bits per heavy atom. The Morgan fingerprint density at radius 2 is 1.69 bits per heavy atom.